The van der Waals surface area contributed by atoms with Crippen LogP contribution in [0.1, 0.15) is 87.0 Å². The van der Waals surface area contributed by atoms with Crippen molar-refractivity contribution in [2.75, 3.05) is 0 Å². The highest BCUT2D eigenvalue weighted by Crippen LogP contribution is 2.65. The summed E-state index contributed by atoms with van der Waals surface area (Å²) in [5.41, 5.74) is 0.211. The van der Waals surface area contributed by atoms with Gasteiger partial charge in [0.05, 0.1) is 6.10 Å². The molecule has 4 rings (SSSR count). The number of nitrogens with one attached hydrogen (secondary N) is 2. The molecule has 3 saturated carbocycles. The first kappa shape index (κ1) is 22.3. The average molecular weight is 417 g/mol. The Labute approximate surface area is 184 Å². The minimum Gasteiger partial charge on any atom is -0.357 e. The molecule has 3 fully saturated rings. The highest BCUT2D eigenvalue weighted by Gasteiger charge is 2.60. The molecule has 0 radical (unpaired) electrons. The largest absolute Gasteiger partial charge is 0.357 e. The second kappa shape index (κ2) is 7.62. The van der Waals surface area contributed by atoms with E-state index in [4.69, 9.17) is 4.74 Å². The van der Waals surface area contributed by atoms with Gasteiger partial charge >= 0.3 is 0 Å². The van der Waals surface area contributed by atoms with Crippen LogP contribution in [0.5, 0.6) is 0 Å². The van der Waals surface area contributed by atoms with Crippen molar-refractivity contribution in [2.24, 2.45) is 34.5 Å². The van der Waals surface area contributed by atoms with Crippen LogP contribution in [0.15, 0.2) is 12.2 Å². The molecular weight excluding hydrogens is 372 g/mol. The molecule has 0 aromatic heterocycles. The summed E-state index contributed by atoms with van der Waals surface area (Å²) in [4.78, 5) is 13.2. The van der Waals surface area contributed by atoms with E-state index >= 15 is 0 Å². The third kappa shape index (κ3) is 3.77. The van der Waals surface area contributed by atoms with Crippen molar-refractivity contribution in [3.63, 3.8) is 0 Å². The van der Waals surface area contributed by atoms with E-state index in [2.05, 4.69) is 71.3 Å². The number of fused-ring (bicyclic) bond motifs is 5. The summed E-state index contributed by atoms with van der Waals surface area (Å²) in [6.07, 6.45) is 12.2. The van der Waals surface area contributed by atoms with Gasteiger partial charge in [-0.25, -0.2) is 0 Å². The second-order valence-electron chi connectivity index (χ2n) is 12.4. The van der Waals surface area contributed by atoms with Gasteiger partial charge < -0.3 is 10.1 Å². The van der Waals surface area contributed by atoms with E-state index in [0.29, 0.717) is 23.8 Å². The quantitative estimate of drug-likeness (QED) is 0.634. The van der Waals surface area contributed by atoms with Gasteiger partial charge in [-0.3, -0.25) is 10.1 Å². The number of hydrogen-bond donors (Lipinski definition) is 2. The molecule has 0 saturated heterocycles. The molecule has 0 spiro atoms. The number of amides is 1. The van der Waals surface area contributed by atoms with Gasteiger partial charge in [0.25, 0.3) is 0 Å². The summed E-state index contributed by atoms with van der Waals surface area (Å²) in [7, 11) is 0. The molecule has 0 aromatic rings. The molecule has 3 aliphatic carbocycles. The van der Waals surface area contributed by atoms with Crippen molar-refractivity contribution < 1.29 is 9.53 Å². The Bertz CT molecular complexity index is 696. The van der Waals surface area contributed by atoms with Crippen LogP contribution in [-0.4, -0.2) is 29.8 Å². The van der Waals surface area contributed by atoms with Gasteiger partial charge in [0.1, 0.15) is 6.23 Å². The van der Waals surface area contributed by atoms with Crippen LogP contribution < -0.4 is 10.6 Å². The smallest absolute Gasteiger partial charge is 0.224 e. The zero-order chi connectivity index (χ0) is 21.9. The lowest BCUT2D eigenvalue weighted by Gasteiger charge is -2.59. The molecule has 0 bridgehead atoms. The Morgan fingerprint density at radius 1 is 1.10 bits per heavy atom. The lowest BCUT2D eigenvalue weighted by atomic mass is 9.48. The van der Waals surface area contributed by atoms with E-state index < -0.39 is 0 Å². The van der Waals surface area contributed by atoms with Gasteiger partial charge in [-0.05, 0) is 102 Å². The standard InChI is InChI=1S/C26H44N2O2/c1-16(2)30-22-13-15-26(7)19-12-14-25(6)18(17(19)8-11-21(26)27-22)9-10-20(25)23(29)28-24(3,4)5/h13,15-22,27H,8-12,14H2,1-7H3,(H,28,29). The molecule has 8 unspecified atom stereocenters. The number of rotatable bonds is 3. The van der Waals surface area contributed by atoms with Gasteiger partial charge in [-0.2, -0.15) is 0 Å². The van der Waals surface area contributed by atoms with Crippen molar-refractivity contribution in [1.29, 1.82) is 0 Å². The van der Waals surface area contributed by atoms with Gasteiger partial charge in [0, 0.05) is 22.9 Å². The summed E-state index contributed by atoms with van der Waals surface area (Å²) in [6, 6.07) is 0.498. The molecule has 1 heterocycles. The van der Waals surface area contributed by atoms with Crippen molar-refractivity contribution >= 4 is 5.91 Å². The summed E-state index contributed by atoms with van der Waals surface area (Å²) in [5.74, 6) is 2.60. The average Bonchev–Trinajstić information content (AvgIpc) is 2.97. The van der Waals surface area contributed by atoms with Crippen LogP contribution >= 0.6 is 0 Å². The Morgan fingerprint density at radius 3 is 2.50 bits per heavy atom. The minimum atomic E-state index is -0.151. The summed E-state index contributed by atoms with van der Waals surface area (Å²) in [6.45, 7) is 15.4. The van der Waals surface area contributed by atoms with Crippen molar-refractivity contribution in [2.45, 2.75) is 111 Å². The van der Waals surface area contributed by atoms with Crippen LogP contribution in [0, 0.1) is 34.5 Å². The normalized spacial score (nSPS) is 45.6. The van der Waals surface area contributed by atoms with Gasteiger partial charge in [0.2, 0.25) is 5.91 Å². The summed E-state index contributed by atoms with van der Waals surface area (Å²) >= 11 is 0. The van der Waals surface area contributed by atoms with Gasteiger partial charge in [-0.1, -0.05) is 19.9 Å². The lowest BCUT2D eigenvalue weighted by molar-refractivity contribution is -0.134. The Morgan fingerprint density at radius 2 is 1.83 bits per heavy atom. The van der Waals surface area contributed by atoms with E-state index in [1.165, 1.54) is 32.1 Å². The zero-order valence-corrected chi connectivity index (χ0v) is 20.3. The van der Waals surface area contributed by atoms with Crippen LogP contribution in [-0.2, 0) is 9.53 Å². The predicted molar refractivity (Wildman–Crippen MR) is 122 cm³/mol. The third-order valence-corrected chi connectivity index (χ3v) is 9.00. The SMILES string of the molecule is CC(C)OC1C=CC2(C)C(CCC3C2CCC2(C)C(C(=O)NC(C)(C)C)CCC32)N1. The highest BCUT2D eigenvalue weighted by molar-refractivity contribution is 5.80. The van der Waals surface area contributed by atoms with Gasteiger partial charge in [0.15, 0.2) is 0 Å². The van der Waals surface area contributed by atoms with Crippen molar-refractivity contribution in [1.82, 2.24) is 10.6 Å². The molecule has 4 heteroatoms. The fourth-order valence-corrected chi connectivity index (χ4v) is 7.71. The summed E-state index contributed by atoms with van der Waals surface area (Å²) < 4.78 is 6.04. The fraction of sp³-hybridized carbons (Fsp3) is 0.885. The predicted octanol–water partition coefficient (Wildman–Crippen LogP) is 5.04. The van der Waals surface area contributed by atoms with Gasteiger partial charge in [-0.15, -0.1) is 0 Å². The molecule has 2 N–H and O–H groups in total. The number of ether oxygens (including phenoxy) is 1. The van der Waals surface area contributed by atoms with Crippen LogP contribution in [0.3, 0.4) is 0 Å². The molecule has 8 atom stereocenters. The maximum Gasteiger partial charge on any atom is 0.224 e. The Kier molecular flexibility index (Phi) is 5.67. The maximum atomic E-state index is 13.2. The third-order valence-electron chi connectivity index (χ3n) is 9.00. The lowest BCUT2D eigenvalue weighted by Crippen LogP contribution is -2.61. The van der Waals surface area contributed by atoms with Crippen molar-refractivity contribution in [3.05, 3.63) is 12.2 Å². The minimum absolute atomic E-state index is 0.0467. The fourth-order valence-electron chi connectivity index (χ4n) is 7.71. The highest BCUT2D eigenvalue weighted by atomic mass is 16.5. The molecule has 1 amide bonds. The monoisotopic (exact) mass is 416 g/mol. The number of hydrogen-bond acceptors (Lipinski definition) is 3. The first-order valence-electron chi connectivity index (χ1n) is 12.4. The van der Waals surface area contributed by atoms with Crippen LogP contribution in [0.25, 0.3) is 0 Å². The van der Waals surface area contributed by atoms with E-state index in [-0.39, 0.29) is 34.6 Å². The topological polar surface area (TPSA) is 50.4 Å². The zero-order valence-electron chi connectivity index (χ0n) is 20.3. The molecule has 170 valence electrons. The van der Waals surface area contributed by atoms with E-state index in [1.807, 2.05) is 0 Å². The Hall–Kier alpha value is -0.870. The molecule has 30 heavy (non-hydrogen) atoms. The first-order chi connectivity index (χ1) is 13.9. The number of carbonyl (C=O) groups is 1. The van der Waals surface area contributed by atoms with E-state index in [0.717, 1.165) is 12.3 Å². The molecule has 4 nitrogen and oxygen atoms in total. The maximum absolute atomic E-state index is 13.2. The molecule has 1 aliphatic heterocycles. The van der Waals surface area contributed by atoms with Crippen LogP contribution in [0.2, 0.25) is 0 Å². The first-order valence-corrected chi connectivity index (χ1v) is 12.4. The molecular formula is C26H44N2O2. The van der Waals surface area contributed by atoms with E-state index in [9.17, 15) is 4.79 Å². The van der Waals surface area contributed by atoms with Crippen molar-refractivity contribution in [3.8, 4) is 0 Å². The summed E-state index contributed by atoms with van der Waals surface area (Å²) in [5, 5.41) is 7.10. The number of carbonyl (C=O) groups excluding carboxylic acids is 1. The molecule has 4 aliphatic rings. The van der Waals surface area contributed by atoms with E-state index in [1.54, 1.807) is 0 Å². The van der Waals surface area contributed by atoms with Crippen LogP contribution in [0.4, 0.5) is 0 Å². The second-order valence-corrected chi connectivity index (χ2v) is 12.4. The molecule has 0 aromatic carbocycles. The Balaban J connectivity index is 1.53.